The van der Waals surface area contributed by atoms with Gasteiger partial charge in [-0.05, 0) is 12.5 Å². The fourth-order valence-electron chi connectivity index (χ4n) is 1.14. The molecule has 1 aromatic rings. The first-order valence-electron chi connectivity index (χ1n) is 4.12. The molecule has 1 aromatic carbocycles. The lowest BCUT2D eigenvalue weighted by Crippen LogP contribution is -2.41. The number of nitrogens with one attached hydrogen (secondary N) is 1. The number of nitrogens with two attached hydrogens (primary N) is 1. The van der Waals surface area contributed by atoms with Gasteiger partial charge >= 0.3 is 0 Å². The zero-order chi connectivity index (χ0) is 9.90. The molecule has 1 unspecified atom stereocenters. The second-order valence-corrected chi connectivity index (χ2v) is 3.27. The first-order valence-corrected chi connectivity index (χ1v) is 4.12. The van der Waals surface area contributed by atoms with Crippen molar-refractivity contribution in [2.75, 3.05) is 6.61 Å². The molecule has 1 atom stereocenters. The molecule has 13 heavy (non-hydrogen) atoms. The summed E-state index contributed by atoms with van der Waals surface area (Å²) in [7, 11) is 0. The number of hydrogen-bond acceptors (Lipinski definition) is 2. The maximum absolute atomic E-state index is 9.19. The van der Waals surface area contributed by atoms with Crippen LogP contribution in [0.5, 0.6) is 0 Å². The fraction of sp³-hybridized carbons (Fsp3) is 0.300. The molecule has 4 N–H and O–H groups in total. The zero-order valence-corrected chi connectivity index (χ0v) is 7.62. The van der Waals surface area contributed by atoms with E-state index in [1.165, 1.54) is 0 Å². The van der Waals surface area contributed by atoms with Crippen LogP contribution >= 0.6 is 0 Å². The highest BCUT2D eigenvalue weighted by Gasteiger charge is 2.28. The summed E-state index contributed by atoms with van der Waals surface area (Å²) in [6.45, 7) is 1.61. The number of rotatable bonds is 3. The summed E-state index contributed by atoms with van der Waals surface area (Å²) < 4.78 is 0. The van der Waals surface area contributed by atoms with Gasteiger partial charge in [-0.2, -0.15) is 0 Å². The van der Waals surface area contributed by atoms with Crippen LogP contribution in [-0.4, -0.2) is 17.5 Å². The van der Waals surface area contributed by atoms with Crippen molar-refractivity contribution in [2.45, 2.75) is 12.3 Å². The standard InChI is InChI=1S/C10H14N2O/c1-10(7-13,9(11)12)8-5-3-2-4-6-8/h2-6,13H,7H2,1H3,(H3,11,12). The Kier molecular flexibility index (Phi) is 2.68. The minimum atomic E-state index is -0.749. The first kappa shape index (κ1) is 9.74. The van der Waals surface area contributed by atoms with Crippen molar-refractivity contribution in [1.29, 1.82) is 5.41 Å². The van der Waals surface area contributed by atoms with E-state index in [0.717, 1.165) is 5.56 Å². The van der Waals surface area contributed by atoms with Crippen molar-refractivity contribution in [1.82, 2.24) is 0 Å². The van der Waals surface area contributed by atoms with Gasteiger partial charge in [0, 0.05) is 0 Å². The average molecular weight is 178 g/mol. The van der Waals surface area contributed by atoms with Crippen molar-refractivity contribution in [3.63, 3.8) is 0 Å². The summed E-state index contributed by atoms with van der Waals surface area (Å²) in [4.78, 5) is 0. The normalized spacial score (nSPS) is 14.9. The van der Waals surface area contributed by atoms with Gasteiger partial charge in [0.1, 0.15) is 5.84 Å². The van der Waals surface area contributed by atoms with Crippen molar-refractivity contribution in [3.8, 4) is 0 Å². The molecule has 0 fully saturated rings. The van der Waals surface area contributed by atoms with Crippen LogP contribution in [-0.2, 0) is 5.41 Å². The highest BCUT2D eigenvalue weighted by Crippen LogP contribution is 2.22. The van der Waals surface area contributed by atoms with E-state index in [9.17, 15) is 5.11 Å². The smallest absolute Gasteiger partial charge is 0.103 e. The van der Waals surface area contributed by atoms with Crippen molar-refractivity contribution in [2.24, 2.45) is 5.73 Å². The summed E-state index contributed by atoms with van der Waals surface area (Å²) in [6, 6.07) is 9.34. The second-order valence-electron chi connectivity index (χ2n) is 3.27. The van der Waals surface area contributed by atoms with Crippen LogP contribution in [0.1, 0.15) is 12.5 Å². The molecule has 0 heterocycles. The third kappa shape index (κ3) is 1.70. The van der Waals surface area contributed by atoms with Crippen LogP contribution in [0.25, 0.3) is 0 Å². The third-order valence-corrected chi connectivity index (χ3v) is 2.32. The van der Waals surface area contributed by atoms with Crippen LogP contribution in [0, 0.1) is 5.41 Å². The number of amidine groups is 1. The second kappa shape index (κ2) is 3.58. The van der Waals surface area contributed by atoms with Crippen LogP contribution < -0.4 is 5.73 Å². The van der Waals surface area contributed by atoms with Crippen LogP contribution in [0.3, 0.4) is 0 Å². The van der Waals surface area contributed by atoms with Gasteiger partial charge in [-0.25, -0.2) is 0 Å². The molecule has 0 aliphatic heterocycles. The van der Waals surface area contributed by atoms with E-state index < -0.39 is 5.41 Å². The van der Waals surface area contributed by atoms with Gasteiger partial charge in [0.2, 0.25) is 0 Å². The van der Waals surface area contributed by atoms with Gasteiger partial charge in [-0.15, -0.1) is 0 Å². The minimum absolute atomic E-state index is 0.0128. The largest absolute Gasteiger partial charge is 0.395 e. The maximum atomic E-state index is 9.19. The van der Waals surface area contributed by atoms with E-state index in [1.807, 2.05) is 30.3 Å². The molecule has 0 amide bonds. The van der Waals surface area contributed by atoms with Gasteiger partial charge in [0.25, 0.3) is 0 Å². The molecule has 70 valence electrons. The monoisotopic (exact) mass is 178 g/mol. The Hall–Kier alpha value is -1.35. The molecule has 0 spiro atoms. The SMILES string of the molecule is CC(CO)(C(=N)N)c1ccccc1. The number of benzene rings is 1. The van der Waals surface area contributed by atoms with E-state index >= 15 is 0 Å². The quantitative estimate of drug-likeness (QED) is 0.475. The zero-order valence-electron chi connectivity index (χ0n) is 7.62. The highest BCUT2D eigenvalue weighted by molar-refractivity contribution is 5.88. The Bertz CT molecular complexity index is 297. The van der Waals surface area contributed by atoms with Crippen LogP contribution in [0.4, 0.5) is 0 Å². The summed E-state index contributed by atoms with van der Waals surface area (Å²) in [5.41, 5.74) is 5.55. The Morgan fingerprint density at radius 3 is 2.38 bits per heavy atom. The Labute approximate surface area is 77.7 Å². The molecule has 3 heteroatoms. The number of hydrogen-bond donors (Lipinski definition) is 3. The van der Waals surface area contributed by atoms with Crippen LogP contribution in [0.15, 0.2) is 30.3 Å². The number of aliphatic hydroxyl groups excluding tert-OH is 1. The van der Waals surface area contributed by atoms with E-state index in [-0.39, 0.29) is 12.4 Å². The van der Waals surface area contributed by atoms with Crippen molar-refractivity contribution >= 4 is 5.84 Å². The van der Waals surface area contributed by atoms with E-state index in [1.54, 1.807) is 6.92 Å². The molecule has 0 radical (unpaired) electrons. The lowest BCUT2D eigenvalue weighted by atomic mass is 9.82. The van der Waals surface area contributed by atoms with Gasteiger partial charge < -0.3 is 10.8 Å². The van der Waals surface area contributed by atoms with Gasteiger partial charge in [-0.1, -0.05) is 30.3 Å². The minimum Gasteiger partial charge on any atom is -0.395 e. The molecule has 0 aliphatic carbocycles. The van der Waals surface area contributed by atoms with Gasteiger partial charge in [0.15, 0.2) is 0 Å². The lowest BCUT2D eigenvalue weighted by Gasteiger charge is -2.26. The first-order chi connectivity index (χ1) is 6.11. The predicted molar refractivity (Wildman–Crippen MR) is 52.8 cm³/mol. The van der Waals surface area contributed by atoms with E-state index in [4.69, 9.17) is 11.1 Å². The summed E-state index contributed by atoms with van der Waals surface area (Å²) in [6.07, 6.45) is 0. The molecule has 3 nitrogen and oxygen atoms in total. The Morgan fingerprint density at radius 2 is 2.00 bits per heavy atom. The molecule has 0 bridgehead atoms. The Morgan fingerprint density at radius 1 is 1.46 bits per heavy atom. The van der Waals surface area contributed by atoms with E-state index in [0.29, 0.717) is 0 Å². The maximum Gasteiger partial charge on any atom is 0.103 e. The van der Waals surface area contributed by atoms with Crippen molar-refractivity contribution < 1.29 is 5.11 Å². The molecular formula is C10H14N2O. The highest BCUT2D eigenvalue weighted by atomic mass is 16.3. The number of aliphatic hydroxyl groups is 1. The molecule has 0 saturated carbocycles. The van der Waals surface area contributed by atoms with Crippen LogP contribution in [0.2, 0.25) is 0 Å². The molecule has 0 saturated heterocycles. The predicted octanol–water partition coefficient (Wildman–Crippen LogP) is 0.873. The molecule has 1 rings (SSSR count). The fourth-order valence-corrected chi connectivity index (χ4v) is 1.14. The molecular weight excluding hydrogens is 164 g/mol. The summed E-state index contributed by atoms with van der Waals surface area (Å²) in [5.74, 6) is -0.0128. The topological polar surface area (TPSA) is 70.1 Å². The lowest BCUT2D eigenvalue weighted by molar-refractivity contribution is 0.245. The summed E-state index contributed by atoms with van der Waals surface area (Å²) >= 11 is 0. The molecule has 0 aromatic heterocycles. The summed E-state index contributed by atoms with van der Waals surface area (Å²) in [5, 5.41) is 16.6. The van der Waals surface area contributed by atoms with Gasteiger partial charge in [0.05, 0.1) is 12.0 Å². The van der Waals surface area contributed by atoms with Crippen molar-refractivity contribution in [3.05, 3.63) is 35.9 Å². The molecule has 0 aliphatic rings. The average Bonchev–Trinajstić information content (AvgIpc) is 2.17. The third-order valence-electron chi connectivity index (χ3n) is 2.32. The van der Waals surface area contributed by atoms with Gasteiger partial charge in [-0.3, -0.25) is 5.41 Å². The van der Waals surface area contributed by atoms with E-state index in [2.05, 4.69) is 0 Å². The Balaban J connectivity index is 3.11.